The monoisotopic (exact) mass is 237 g/mol. The van der Waals surface area contributed by atoms with Crippen LogP contribution in [0, 0.1) is 6.92 Å². The van der Waals surface area contributed by atoms with E-state index in [9.17, 15) is 4.79 Å². The maximum atomic E-state index is 11.7. The van der Waals surface area contributed by atoms with Crippen LogP contribution in [0.15, 0.2) is 28.9 Å². The molecule has 1 N–H and O–H groups in total. The highest BCUT2D eigenvalue weighted by atomic mass is 35.5. The summed E-state index contributed by atoms with van der Waals surface area (Å²) in [4.78, 5) is 11.7. The van der Waals surface area contributed by atoms with Gasteiger partial charge in [0.25, 0.3) is 5.91 Å². The first-order valence-electron chi connectivity index (χ1n) is 4.51. The van der Waals surface area contributed by atoms with Crippen molar-refractivity contribution in [1.82, 2.24) is 10.2 Å². The number of furan rings is 1. The summed E-state index contributed by atoms with van der Waals surface area (Å²) in [6.45, 7) is 1.71. The Morgan fingerprint density at radius 1 is 1.38 bits per heavy atom. The van der Waals surface area contributed by atoms with Crippen LogP contribution in [0.5, 0.6) is 0 Å². The Bertz CT molecular complexity index is 507. The van der Waals surface area contributed by atoms with E-state index in [1.165, 1.54) is 6.26 Å². The minimum absolute atomic E-state index is 0.275. The summed E-state index contributed by atoms with van der Waals surface area (Å²) in [6.07, 6.45) is 1.46. The van der Waals surface area contributed by atoms with Gasteiger partial charge in [-0.3, -0.25) is 4.79 Å². The quantitative estimate of drug-likeness (QED) is 0.870. The van der Waals surface area contributed by atoms with Gasteiger partial charge in [-0.25, -0.2) is 0 Å². The van der Waals surface area contributed by atoms with E-state index in [0.717, 1.165) is 0 Å². The molecule has 82 valence electrons. The topological polar surface area (TPSA) is 68.0 Å². The lowest BCUT2D eigenvalue weighted by Crippen LogP contribution is -2.13. The number of carbonyl (C=O) groups excluding carboxylic acids is 1. The predicted molar refractivity (Wildman–Crippen MR) is 58.4 cm³/mol. The van der Waals surface area contributed by atoms with Crippen LogP contribution in [0.25, 0.3) is 0 Å². The fourth-order valence-corrected chi connectivity index (χ4v) is 1.29. The number of nitrogens with zero attached hydrogens (tertiary/aromatic N) is 2. The molecule has 0 aliphatic rings. The largest absolute Gasteiger partial charge is 0.469 e. The van der Waals surface area contributed by atoms with Crippen LogP contribution < -0.4 is 5.32 Å². The zero-order chi connectivity index (χ0) is 11.5. The van der Waals surface area contributed by atoms with Gasteiger partial charge in [-0.1, -0.05) is 11.6 Å². The van der Waals surface area contributed by atoms with Crippen molar-refractivity contribution in [3.05, 3.63) is 40.9 Å². The van der Waals surface area contributed by atoms with Crippen molar-refractivity contribution in [2.24, 2.45) is 0 Å². The molecule has 2 aromatic rings. The number of hydrogen-bond donors (Lipinski definition) is 1. The number of aromatic nitrogens is 2. The molecule has 0 saturated carbocycles. The van der Waals surface area contributed by atoms with E-state index in [4.69, 9.17) is 16.0 Å². The van der Waals surface area contributed by atoms with Gasteiger partial charge >= 0.3 is 0 Å². The predicted octanol–water partition coefficient (Wildman–Crippen LogP) is 2.28. The smallest absolute Gasteiger partial charge is 0.260 e. The minimum atomic E-state index is -0.289. The van der Waals surface area contributed by atoms with Crippen LogP contribution >= 0.6 is 11.6 Å². The van der Waals surface area contributed by atoms with Crippen molar-refractivity contribution in [2.75, 3.05) is 5.32 Å². The Hall–Kier alpha value is -1.88. The van der Waals surface area contributed by atoms with Gasteiger partial charge in [-0.05, 0) is 25.1 Å². The second-order valence-corrected chi connectivity index (χ2v) is 3.47. The van der Waals surface area contributed by atoms with Gasteiger partial charge in [0.1, 0.15) is 5.76 Å². The van der Waals surface area contributed by atoms with Gasteiger partial charge in [0, 0.05) is 0 Å². The maximum absolute atomic E-state index is 11.7. The molecule has 2 heterocycles. The van der Waals surface area contributed by atoms with Gasteiger partial charge in [-0.15, -0.1) is 10.2 Å². The molecule has 0 fully saturated rings. The molecule has 1 amide bonds. The van der Waals surface area contributed by atoms with E-state index in [-0.39, 0.29) is 11.1 Å². The summed E-state index contributed by atoms with van der Waals surface area (Å²) in [5.41, 5.74) is 0.469. The van der Waals surface area contributed by atoms with E-state index >= 15 is 0 Å². The minimum Gasteiger partial charge on any atom is -0.469 e. The summed E-state index contributed by atoms with van der Waals surface area (Å²) in [7, 11) is 0. The summed E-state index contributed by atoms with van der Waals surface area (Å²) < 4.78 is 5.02. The van der Waals surface area contributed by atoms with Crippen LogP contribution in [-0.4, -0.2) is 16.1 Å². The Kier molecular flexibility index (Phi) is 2.87. The SMILES string of the molecule is Cc1occc1C(=O)Nc1ccc(Cl)nn1. The molecule has 5 nitrogen and oxygen atoms in total. The number of carbonyl (C=O) groups is 1. The van der Waals surface area contributed by atoms with Gasteiger partial charge in [0.05, 0.1) is 11.8 Å². The second-order valence-electron chi connectivity index (χ2n) is 3.09. The zero-order valence-corrected chi connectivity index (χ0v) is 9.15. The summed E-state index contributed by atoms with van der Waals surface area (Å²) in [5, 5.41) is 10.2. The number of hydrogen-bond acceptors (Lipinski definition) is 4. The third kappa shape index (κ3) is 2.20. The van der Waals surface area contributed by atoms with E-state index in [1.807, 2.05) is 0 Å². The molecule has 0 aromatic carbocycles. The fourth-order valence-electron chi connectivity index (χ4n) is 1.19. The van der Waals surface area contributed by atoms with Crippen LogP contribution in [0.1, 0.15) is 16.1 Å². The third-order valence-electron chi connectivity index (χ3n) is 1.98. The van der Waals surface area contributed by atoms with Crippen LogP contribution in [0.4, 0.5) is 5.82 Å². The molecule has 0 aliphatic carbocycles. The van der Waals surface area contributed by atoms with E-state index in [2.05, 4.69) is 15.5 Å². The molecule has 0 atom stereocenters. The van der Waals surface area contributed by atoms with Gasteiger partial charge in [0.2, 0.25) is 0 Å². The highest BCUT2D eigenvalue weighted by Crippen LogP contribution is 2.12. The average molecular weight is 238 g/mol. The Balaban J connectivity index is 2.14. The maximum Gasteiger partial charge on any atom is 0.260 e. The molecule has 6 heteroatoms. The third-order valence-corrected chi connectivity index (χ3v) is 2.18. The molecule has 16 heavy (non-hydrogen) atoms. The van der Waals surface area contributed by atoms with Crippen molar-refractivity contribution < 1.29 is 9.21 Å². The number of amides is 1. The molecule has 2 rings (SSSR count). The number of rotatable bonds is 2. The van der Waals surface area contributed by atoms with Crippen LogP contribution in [-0.2, 0) is 0 Å². The molecular formula is C10H8ClN3O2. The molecule has 0 saturated heterocycles. The standard InChI is InChI=1S/C10H8ClN3O2/c1-6-7(4-5-16-6)10(15)12-9-3-2-8(11)13-14-9/h2-5H,1H3,(H,12,14,15). The lowest BCUT2D eigenvalue weighted by Gasteiger charge is -2.01. The Morgan fingerprint density at radius 2 is 2.19 bits per heavy atom. The van der Waals surface area contributed by atoms with Crippen LogP contribution in [0.2, 0.25) is 5.15 Å². The van der Waals surface area contributed by atoms with Crippen molar-refractivity contribution >= 4 is 23.3 Å². The number of anilines is 1. The first kappa shape index (κ1) is 10.6. The Labute approximate surface area is 96.4 Å². The first-order chi connectivity index (χ1) is 7.66. The average Bonchev–Trinajstić information content (AvgIpc) is 2.68. The first-order valence-corrected chi connectivity index (χ1v) is 4.89. The fraction of sp³-hybridized carbons (Fsp3) is 0.100. The molecule has 0 bridgehead atoms. The lowest BCUT2D eigenvalue weighted by molar-refractivity contribution is 0.102. The van der Waals surface area contributed by atoms with Crippen LogP contribution in [0.3, 0.4) is 0 Å². The van der Waals surface area contributed by atoms with E-state index in [0.29, 0.717) is 17.1 Å². The molecule has 2 aromatic heterocycles. The van der Waals surface area contributed by atoms with Crippen molar-refractivity contribution in [3.63, 3.8) is 0 Å². The van der Waals surface area contributed by atoms with Crippen molar-refractivity contribution in [2.45, 2.75) is 6.92 Å². The summed E-state index contributed by atoms with van der Waals surface area (Å²) in [5.74, 6) is 0.609. The number of halogens is 1. The number of aryl methyl sites for hydroxylation is 1. The summed E-state index contributed by atoms with van der Waals surface area (Å²) >= 11 is 5.57. The zero-order valence-electron chi connectivity index (χ0n) is 8.40. The molecule has 0 radical (unpaired) electrons. The Morgan fingerprint density at radius 3 is 2.75 bits per heavy atom. The molecule has 0 unspecified atom stereocenters. The van der Waals surface area contributed by atoms with Crippen molar-refractivity contribution in [1.29, 1.82) is 0 Å². The summed E-state index contributed by atoms with van der Waals surface area (Å²) in [6, 6.07) is 4.71. The van der Waals surface area contributed by atoms with Crippen molar-refractivity contribution in [3.8, 4) is 0 Å². The van der Waals surface area contributed by atoms with Gasteiger partial charge < -0.3 is 9.73 Å². The van der Waals surface area contributed by atoms with E-state index < -0.39 is 0 Å². The second kappa shape index (κ2) is 4.32. The molecule has 0 aliphatic heterocycles. The lowest BCUT2D eigenvalue weighted by atomic mass is 10.2. The van der Waals surface area contributed by atoms with Gasteiger partial charge in [0.15, 0.2) is 11.0 Å². The highest BCUT2D eigenvalue weighted by molar-refractivity contribution is 6.29. The normalized spacial score (nSPS) is 10.1. The van der Waals surface area contributed by atoms with Gasteiger partial charge in [-0.2, -0.15) is 0 Å². The molecule has 0 spiro atoms. The number of nitrogens with one attached hydrogen (secondary N) is 1. The van der Waals surface area contributed by atoms with E-state index in [1.54, 1.807) is 25.1 Å². The molecular weight excluding hydrogens is 230 g/mol. The highest BCUT2D eigenvalue weighted by Gasteiger charge is 2.11.